The van der Waals surface area contributed by atoms with Crippen molar-refractivity contribution in [3.8, 4) is 5.75 Å². The number of phenols is 1. The van der Waals surface area contributed by atoms with Gasteiger partial charge in [-0.15, -0.1) is 11.3 Å². The fourth-order valence-corrected chi connectivity index (χ4v) is 6.59. The van der Waals surface area contributed by atoms with E-state index in [0.29, 0.717) is 18.2 Å². The van der Waals surface area contributed by atoms with Gasteiger partial charge in [0.1, 0.15) is 5.75 Å². The van der Waals surface area contributed by atoms with Gasteiger partial charge in [0, 0.05) is 34.7 Å². The third-order valence-corrected chi connectivity index (χ3v) is 8.55. The molecule has 5 heteroatoms. The predicted molar refractivity (Wildman–Crippen MR) is 128 cm³/mol. The Balaban J connectivity index is 1.26. The molecule has 164 valence electrons. The molecule has 0 radical (unpaired) electrons. The summed E-state index contributed by atoms with van der Waals surface area (Å²) in [5.41, 5.74) is 10.5. The number of piperidine rings is 1. The standard InChI is InChI=1S/C26H32N2O2S/c1-16-7-8-20-21(26(16)29)13-22(30-23(20)14-27)18-9-11-28(12-10-18)15-25-17(2)19-5-3-4-6-24(19)31-25/h3-8,18,22-23,29H,9-15,27H2,1-2H3/t22-,23-/m0/s1. The third-order valence-electron chi connectivity index (χ3n) is 7.29. The molecule has 5 rings (SSSR count). The Labute approximate surface area is 188 Å². The Morgan fingerprint density at radius 2 is 1.90 bits per heavy atom. The Morgan fingerprint density at radius 3 is 2.65 bits per heavy atom. The fraction of sp³-hybridized carbons (Fsp3) is 0.462. The van der Waals surface area contributed by atoms with E-state index < -0.39 is 0 Å². The van der Waals surface area contributed by atoms with Crippen LogP contribution >= 0.6 is 11.3 Å². The van der Waals surface area contributed by atoms with Crippen LogP contribution in [-0.2, 0) is 17.7 Å². The number of hydrogen-bond donors (Lipinski definition) is 2. The molecule has 0 spiro atoms. The summed E-state index contributed by atoms with van der Waals surface area (Å²) in [5.74, 6) is 0.948. The quantitative estimate of drug-likeness (QED) is 0.599. The number of ether oxygens (including phenoxy) is 1. The molecule has 0 unspecified atom stereocenters. The van der Waals surface area contributed by atoms with Crippen molar-refractivity contribution in [1.29, 1.82) is 0 Å². The molecule has 2 aliphatic heterocycles. The maximum atomic E-state index is 10.7. The molecular weight excluding hydrogens is 404 g/mol. The van der Waals surface area contributed by atoms with Crippen LogP contribution in [0.3, 0.4) is 0 Å². The number of hydrogen-bond acceptors (Lipinski definition) is 5. The normalized spacial score (nSPS) is 22.7. The number of phenolic OH excluding ortho intramolecular Hbond substituents is 1. The molecule has 3 aromatic rings. The van der Waals surface area contributed by atoms with Crippen LogP contribution in [0.15, 0.2) is 36.4 Å². The van der Waals surface area contributed by atoms with Crippen LogP contribution in [0.4, 0.5) is 0 Å². The average molecular weight is 437 g/mol. The summed E-state index contributed by atoms with van der Waals surface area (Å²) in [6.45, 7) is 7.91. The van der Waals surface area contributed by atoms with E-state index in [0.717, 1.165) is 55.6 Å². The van der Waals surface area contributed by atoms with E-state index in [2.05, 4.69) is 42.2 Å². The lowest BCUT2D eigenvalue weighted by Gasteiger charge is -2.40. The van der Waals surface area contributed by atoms with Gasteiger partial charge in [0.25, 0.3) is 0 Å². The van der Waals surface area contributed by atoms with Gasteiger partial charge < -0.3 is 15.6 Å². The highest BCUT2D eigenvalue weighted by Gasteiger charge is 2.35. The van der Waals surface area contributed by atoms with Gasteiger partial charge in [-0.2, -0.15) is 0 Å². The Morgan fingerprint density at radius 1 is 1.13 bits per heavy atom. The average Bonchev–Trinajstić information content (AvgIpc) is 3.11. The number of nitrogens with two attached hydrogens (primary N) is 1. The second kappa shape index (κ2) is 8.55. The number of fused-ring (bicyclic) bond motifs is 2. The van der Waals surface area contributed by atoms with Gasteiger partial charge in [0.05, 0.1) is 12.2 Å². The van der Waals surface area contributed by atoms with Crippen molar-refractivity contribution in [2.45, 2.75) is 51.9 Å². The lowest BCUT2D eigenvalue weighted by molar-refractivity contribution is -0.0650. The fourth-order valence-electron chi connectivity index (χ4n) is 5.34. The van der Waals surface area contributed by atoms with Gasteiger partial charge in [0.2, 0.25) is 0 Å². The lowest BCUT2D eigenvalue weighted by Crippen LogP contribution is -2.41. The first-order valence-corrected chi connectivity index (χ1v) is 12.2. The summed E-state index contributed by atoms with van der Waals surface area (Å²) in [7, 11) is 0. The summed E-state index contributed by atoms with van der Waals surface area (Å²) in [6, 6.07) is 12.8. The summed E-state index contributed by atoms with van der Waals surface area (Å²) >= 11 is 1.94. The maximum Gasteiger partial charge on any atom is 0.122 e. The van der Waals surface area contributed by atoms with Crippen LogP contribution in [0.5, 0.6) is 5.75 Å². The van der Waals surface area contributed by atoms with Crippen molar-refractivity contribution in [2.75, 3.05) is 19.6 Å². The first kappa shape index (κ1) is 21.0. The minimum atomic E-state index is -0.112. The topological polar surface area (TPSA) is 58.7 Å². The summed E-state index contributed by atoms with van der Waals surface area (Å²) in [6.07, 6.45) is 3.09. The Bertz CT molecular complexity index is 1080. The van der Waals surface area contributed by atoms with E-state index in [1.165, 1.54) is 20.5 Å². The van der Waals surface area contributed by atoms with Gasteiger partial charge in [-0.05, 0) is 73.8 Å². The molecule has 4 nitrogen and oxygen atoms in total. The van der Waals surface area contributed by atoms with Gasteiger partial charge in [-0.25, -0.2) is 0 Å². The van der Waals surface area contributed by atoms with Crippen molar-refractivity contribution < 1.29 is 9.84 Å². The number of aromatic hydroxyl groups is 1. The van der Waals surface area contributed by atoms with Gasteiger partial charge >= 0.3 is 0 Å². The Hall–Kier alpha value is -1.92. The first-order chi connectivity index (χ1) is 15.0. The molecule has 1 fully saturated rings. The second-order valence-electron chi connectivity index (χ2n) is 9.16. The largest absolute Gasteiger partial charge is 0.507 e. The van der Waals surface area contributed by atoms with E-state index in [1.807, 2.05) is 24.3 Å². The van der Waals surface area contributed by atoms with E-state index >= 15 is 0 Å². The monoisotopic (exact) mass is 436 g/mol. The summed E-state index contributed by atoms with van der Waals surface area (Å²) in [4.78, 5) is 4.08. The highest BCUT2D eigenvalue weighted by Crippen LogP contribution is 2.40. The zero-order valence-electron chi connectivity index (χ0n) is 18.4. The molecule has 31 heavy (non-hydrogen) atoms. The van der Waals surface area contributed by atoms with Crippen LogP contribution in [0, 0.1) is 19.8 Å². The molecule has 2 aromatic carbocycles. The number of aryl methyl sites for hydroxylation is 2. The third kappa shape index (κ3) is 3.89. The first-order valence-electron chi connectivity index (χ1n) is 11.4. The molecule has 3 heterocycles. The van der Waals surface area contributed by atoms with E-state index in [1.54, 1.807) is 0 Å². The van der Waals surface area contributed by atoms with Gasteiger partial charge in [-0.1, -0.05) is 30.3 Å². The number of benzene rings is 2. The molecule has 0 amide bonds. The number of rotatable bonds is 4. The molecule has 1 saturated heterocycles. The molecule has 2 atom stereocenters. The van der Waals surface area contributed by atoms with Crippen LogP contribution < -0.4 is 5.73 Å². The van der Waals surface area contributed by atoms with Crippen molar-refractivity contribution in [3.05, 3.63) is 63.5 Å². The van der Waals surface area contributed by atoms with Crippen molar-refractivity contribution in [3.63, 3.8) is 0 Å². The van der Waals surface area contributed by atoms with Gasteiger partial charge in [0.15, 0.2) is 0 Å². The smallest absolute Gasteiger partial charge is 0.122 e. The lowest BCUT2D eigenvalue weighted by atomic mass is 9.83. The molecule has 3 N–H and O–H groups in total. The summed E-state index contributed by atoms with van der Waals surface area (Å²) < 4.78 is 7.85. The predicted octanol–water partition coefficient (Wildman–Crippen LogP) is 5.08. The highest BCUT2D eigenvalue weighted by molar-refractivity contribution is 7.19. The maximum absolute atomic E-state index is 10.7. The van der Waals surface area contributed by atoms with Crippen LogP contribution in [0.25, 0.3) is 10.1 Å². The molecule has 0 saturated carbocycles. The van der Waals surface area contributed by atoms with Crippen LogP contribution in [0.2, 0.25) is 0 Å². The van der Waals surface area contributed by atoms with Crippen molar-refractivity contribution in [2.24, 2.45) is 11.7 Å². The SMILES string of the molecule is Cc1ccc2c(c1O)C[C@@H](C1CCN(Cc3sc4ccccc4c3C)CC1)O[C@H]2CN. The van der Waals surface area contributed by atoms with E-state index in [4.69, 9.17) is 10.5 Å². The molecule has 0 aliphatic carbocycles. The minimum absolute atomic E-state index is 0.112. The van der Waals surface area contributed by atoms with Crippen molar-refractivity contribution in [1.82, 2.24) is 4.90 Å². The zero-order valence-corrected chi connectivity index (χ0v) is 19.3. The van der Waals surface area contributed by atoms with Crippen LogP contribution in [0.1, 0.15) is 46.1 Å². The highest BCUT2D eigenvalue weighted by atomic mass is 32.1. The zero-order chi connectivity index (χ0) is 21.5. The Kier molecular flexibility index (Phi) is 5.78. The van der Waals surface area contributed by atoms with Gasteiger partial charge in [-0.3, -0.25) is 4.90 Å². The molecular formula is C26H32N2O2S. The number of likely N-dealkylation sites (tertiary alicyclic amines) is 1. The van der Waals surface area contributed by atoms with E-state index in [-0.39, 0.29) is 12.2 Å². The van der Waals surface area contributed by atoms with Crippen LogP contribution in [-0.4, -0.2) is 35.7 Å². The number of nitrogens with zero attached hydrogens (tertiary/aromatic N) is 1. The van der Waals surface area contributed by atoms with E-state index in [9.17, 15) is 5.11 Å². The summed E-state index contributed by atoms with van der Waals surface area (Å²) in [5, 5.41) is 12.1. The molecule has 2 aliphatic rings. The molecule has 0 bridgehead atoms. The molecule has 1 aromatic heterocycles. The second-order valence-corrected chi connectivity index (χ2v) is 10.3. The number of thiophene rings is 1. The van der Waals surface area contributed by atoms with Crippen molar-refractivity contribution >= 4 is 21.4 Å². The minimum Gasteiger partial charge on any atom is -0.507 e.